The number of fused-ring (bicyclic) bond motifs is 1. The van der Waals surface area contributed by atoms with Crippen LogP contribution in [0.1, 0.15) is 19.4 Å². The second kappa shape index (κ2) is 3.31. The minimum Gasteiger partial charge on any atom is -0.346 e. The molecule has 2 aromatic rings. The number of hydrogen-bond donors (Lipinski definition) is 1. The third-order valence-corrected chi connectivity index (χ3v) is 2.70. The third kappa shape index (κ3) is 1.51. The summed E-state index contributed by atoms with van der Waals surface area (Å²) in [5.74, 6) is 0. The van der Waals surface area contributed by atoms with Gasteiger partial charge in [0.1, 0.15) is 23.4 Å². The highest BCUT2D eigenvalue weighted by atomic mass is 35.5. The maximum absolute atomic E-state index is 11.0. The molecule has 0 aliphatic heterocycles. The van der Waals surface area contributed by atoms with Crippen molar-refractivity contribution in [1.82, 2.24) is 15.0 Å². The number of rotatable bonds is 2. The van der Waals surface area contributed by atoms with Crippen molar-refractivity contribution in [2.75, 3.05) is 0 Å². The van der Waals surface area contributed by atoms with Crippen molar-refractivity contribution in [3.05, 3.63) is 23.2 Å². The van der Waals surface area contributed by atoms with E-state index in [1.165, 1.54) is 6.33 Å². The maximum atomic E-state index is 11.0. The van der Waals surface area contributed by atoms with Gasteiger partial charge in [0.15, 0.2) is 0 Å². The Morgan fingerprint density at radius 2 is 2.20 bits per heavy atom. The van der Waals surface area contributed by atoms with Crippen molar-refractivity contribution in [3.63, 3.8) is 0 Å². The first kappa shape index (κ1) is 10.1. The second-order valence-corrected chi connectivity index (χ2v) is 4.29. The van der Waals surface area contributed by atoms with Crippen LogP contribution in [0.3, 0.4) is 0 Å². The highest BCUT2D eigenvalue weighted by Gasteiger charge is 2.25. The van der Waals surface area contributed by atoms with Crippen LogP contribution < -0.4 is 0 Å². The van der Waals surface area contributed by atoms with Gasteiger partial charge >= 0.3 is 0 Å². The Morgan fingerprint density at radius 1 is 1.47 bits per heavy atom. The number of nitrogens with zero attached hydrogens (tertiary/aromatic N) is 2. The smallest absolute Gasteiger partial charge is 0.142 e. The van der Waals surface area contributed by atoms with Crippen molar-refractivity contribution in [2.24, 2.45) is 0 Å². The van der Waals surface area contributed by atoms with Crippen molar-refractivity contribution in [1.29, 1.82) is 0 Å². The minimum atomic E-state index is -0.591. The Kier molecular flexibility index (Phi) is 2.23. The summed E-state index contributed by atoms with van der Waals surface area (Å²) in [5.41, 5.74) is 0.880. The van der Waals surface area contributed by atoms with E-state index in [4.69, 9.17) is 11.6 Å². The highest BCUT2D eigenvalue weighted by molar-refractivity contribution is 6.34. The van der Waals surface area contributed by atoms with E-state index in [9.17, 15) is 4.79 Å². The lowest BCUT2D eigenvalue weighted by molar-refractivity contribution is -0.111. The summed E-state index contributed by atoms with van der Waals surface area (Å²) in [5, 5.41) is 1.09. The molecule has 15 heavy (non-hydrogen) atoms. The van der Waals surface area contributed by atoms with E-state index in [0.29, 0.717) is 10.8 Å². The Hall–Kier alpha value is -1.42. The third-order valence-electron chi connectivity index (χ3n) is 2.41. The van der Waals surface area contributed by atoms with Crippen LogP contribution in [0, 0.1) is 0 Å². The van der Waals surface area contributed by atoms with Crippen LogP contribution in [-0.4, -0.2) is 21.2 Å². The highest BCUT2D eigenvalue weighted by Crippen LogP contribution is 2.31. The summed E-state index contributed by atoms with van der Waals surface area (Å²) in [6, 6.07) is 0. The van der Waals surface area contributed by atoms with Gasteiger partial charge in [0.05, 0.1) is 5.39 Å². The van der Waals surface area contributed by atoms with Gasteiger partial charge in [-0.15, -0.1) is 0 Å². The average molecular weight is 224 g/mol. The van der Waals surface area contributed by atoms with E-state index in [2.05, 4.69) is 15.0 Å². The van der Waals surface area contributed by atoms with Crippen molar-refractivity contribution < 1.29 is 4.79 Å². The molecular formula is C10H10ClN3O. The monoisotopic (exact) mass is 223 g/mol. The van der Waals surface area contributed by atoms with Gasteiger partial charge in [-0.1, -0.05) is 11.6 Å². The zero-order valence-corrected chi connectivity index (χ0v) is 9.17. The molecule has 2 heterocycles. The molecule has 0 unspecified atom stereocenters. The van der Waals surface area contributed by atoms with Gasteiger partial charge in [0.2, 0.25) is 0 Å². The first-order valence-electron chi connectivity index (χ1n) is 4.50. The summed E-state index contributed by atoms with van der Waals surface area (Å²) in [6.45, 7) is 3.65. The molecule has 0 aromatic carbocycles. The van der Waals surface area contributed by atoms with E-state index >= 15 is 0 Å². The molecule has 0 fully saturated rings. The van der Waals surface area contributed by atoms with E-state index < -0.39 is 5.41 Å². The predicted octanol–water partition coefficient (Wildman–Crippen LogP) is 2.09. The van der Waals surface area contributed by atoms with E-state index in [1.807, 2.05) is 13.8 Å². The molecule has 0 bridgehead atoms. The molecule has 0 spiro atoms. The summed E-state index contributed by atoms with van der Waals surface area (Å²) < 4.78 is 0. The van der Waals surface area contributed by atoms with Gasteiger partial charge in [-0.3, -0.25) is 0 Å². The molecule has 4 nitrogen and oxygen atoms in total. The largest absolute Gasteiger partial charge is 0.346 e. The topological polar surface area (TPSA) is 58.6 Å². The number of carbonyl (C=O) groups is 1. The number of halogens is 1. The molecule has 2 rings (SSSR count). The summed E-state index contributed by atoms with van der Waals surface area (Å²) >= 11 is 5.98. The van der Waals surface area contributed by atoms with E-state index in [1.54, 1.807) is 6.20 Å². The average Bonchev–Trinajstić information content (AvgIpc) is 2.63. The summed E-state index contributed by atoms with van der Waals surface area (Å²) in [6.07, 6.45) is 4.03. The van der Waals surface area contributed by atoms with Crippen LogP contribution in [0.5, 0.6) is 0 Å². The fraction of sp³-hybridized carbons (Fsp3) is 0.300. The first-order valence-corrected chi connectivity index (χ1v) is 4.88. The van der Waals surface area contributed by atoms with Crippen molar-refractivity contribution >= 4 is 28.9 Å². The fourth-order valence-electron chi connectivity index (χ4n) is 1.50. The zero-order valence-electron chi connectivity index (χ0n) is 8.41. The molecule has 0 aliphatic rings. The normalized spacial score (nSPS) is 11.9. The fourth-order valence-corrected chi connectivity index (χ4v) is 1.73. The predicted molar refractivity (Wildman–Crippen MR) is 58.0 cm³/mol. The molecule has 2 aromatic heterocycles. The lowest BCUT2D eigenvalue weighted by Crippen LogP contribution is -2.18. The summed E-state index contributed by atoms with van der Waals surface area (Å²) in [4.78, 5) is 21.9. The molecule has 0 saturated carbocycles. The Labute approximate surface area is 91.7 Å². The Morgan fingerprint density at radius 3 is 2.87 bits per heavy atom. The zero-order chi connectivity index (χ0) is 11.1. The number of aldehydes is 1. The Balaban J connectivity index is 2.78. The lowest BCUT2D eigenvalue weighted by Gasteiger charge is -2.15. The van der Waals surface area contributed by atoms with Crippen LogP contribution in [0.25, 0.3) is 11.0 Å². The van der Waals surface area contributed by atoms with Crippen molar-refractivity contribution in [3.8, 4) is 0 Å². The number of aromatic nitrogens is 3. The molecule has 5 heteroatoms. The van der Waals surface area contributed by atoms with Crippen LogP contribution in [0.4, 0.5) is 0 Å². The molecule has 1 N–H and O–H groups in total. The number of aromatic amines is 1. The van der Waals surface area contributed by atoms with Crippen LogP contribution in [0.2, 0.25) is 5.15 Å². The van der Waals surface area contributed by atoms with Crippen LogP contribution >= 0.6 is 11.6 Å². The lowest BCUT2D eigenvalue weighted by atomic mass is 9.87. The number of H-pyrrole nitrogens is 1. The van der Waals surface area contributed by atoms with Gasteiger partial charge < -0.3 is 9.78 Å². The van der Waals surface area contributed by atoms with Gasteiger partial charge in [0, 0.05) is 11.6 Å². The molecule has 0 saturated heterocycles. The number of hydrogen-bond acceptors (Lipinski definition) is 3. The maximum Gasteiger partial charge on any atom is 0.142 e. The van der Waals surface area contributed by atoms with Crippen molar-refractivity contribution in [2.45, 2.75) is 19.3 Å². The molecular weight excluding hydrogens is 214 g/mol. The standard InChI is InChI=1S/C10H10ClN3O/c1-10(2,4-15)6-3-12-9-7(6)8(11)13-5-14-9/h3-5H,1-2H3,(H,12,13,14). The Bertz CT molecular complexity index is 518. The SMILES string of the molecule is CC(C)(C=O)c1c[nH]c2ncnc(Cl)c12. The van der Waals surface area contributed by atoms with E-state index in [0.717, 1.165) is 17.2 Å². The minimum absolute atomic E-state index is 0.367. The first-order chi connectivity index (χ1) is 7.06. The molecule has 78 valence electrons. The number of nitrogens with one attached hydrogen (secondary N) is 1. The molecule has 0 radical (unpaired) electrons. The molecule has 0 amide bonds. The summed E-state index contributed by atoms with van der Waals surface area (Å²) in [7, 11) is 0. The van der Waals surface area contributed by atoms with Gasteiger partial charge in [-0.05, 0) is 19.4 Å². The second-order valence-electron chi connectivity index (χ2n) is 3.93. The number of carbonyl (C=O) groups excluding carboxylic acids is 1. The van der Waals surface area contributed by atoms with Gasteiger partial charge in [-0.25, -0.2) is 9.97 Å². The van der Waals surface area contributed by atoms with Gasteiger partial charge in [0.25, 0.3) is 0 Å². The van der Waals surface area contributed by atoms with E-state index in [-0.39, 0.29) is 0 Å². The van der Waals surface area contributed by atoms with Crippen LogP contribution in [-0.2, 0) is 10.2 Å². The quantitative estimate of drug-likeness (QED) is 0.627. The molecule has 0 aliphatic carbocycles. The van der Waals surface area contributed by atoms with Crippen LogP contribution in [0.15, 0.2) is 12.5 Å². The van der Waals surface area contributed by atoms with Gasteiger partial charge in [-0.2, -0.15) is 0 Å². The molecule has 0 atom stereocenters.